The third kappa shape index (κ3) is 13.8. The second-order valence-corrected chi connectivity index (χ2v) is 16.9. The molecule has 5 atom stereocenters. The zero-order chi connectivity index (χ0) is 41.0. The van der Waals surface area contributed by atoms with Crippen molar-refractivity contribution in [2.24, 2.45) is 11.8 Å². The fourth-order valence-electron chi connectivity index (χ4n) is 7.20. The molecule has 1 aromatic carbocycles. The molecule has 4 N–H and O–H groups in total. The highest BCUT2D eigenvalue weighted by atomic mass is 16.6. The summed E-state index contributed by atoms with van der Waals surface area (Å²) in [5.41, 5.74) is 2.82. The molecule has 4 amide bonds. The number of benzene rings is 1. The second-order valence-electron chi connectivity index (χ2n) is 16.9. The number of carbonyl (C=O) groups is 5. The van der Waals surface area contributed by atoms with Gasteiger partial charge >= 0.3 is 6.09 Å². The Labute approximate surface area is 328 Å². The summed E-state index contributed by atoms with van der Waals surface area (Å²) < 4.78 is 5.51. The number of unbranched alkanes of at least 4 members (excludes halogenated alkanes) is 1. The number of amides is 4. The third-order valence-corrected chi connectivity index (χ3v) is 10.2. The lowest BCUT2D eigenvalue weighted by Gasteiger charge is -2.29. The SMILES string of the molecule is CC1=C(C)C(O)C(C)=C(CCCC[C@H](NC(=O)[C@@H]2CCCN2C(=O)[C@H](/C=C/[C@H](CC(C)C)NC(=O)OC(C)(C)C)Cc2ccccc2)C(=O)NC(C)C)C1=O. The van der Waals surface area contributed by atoms with Gasteiger partial charge in [0.15, 0.2) is 5.78 Å². The van der Waals surface area contributed by atoms with E-state index in [1.165, 1.54) is 0 Å². The van der Waals surface area contributed by atoms with Crippen LogP contribution in [-0.4, -0.2) is 82.0 Å². The molecule has 11 nitrogen and oxygen atoms in total. The molecule has 0 saturated carbocycles. The summed E-state index contributed by atoms with van der Waals surface area (Å²) in [7, 11) is 0. The number of allylic oxidation sites excluding steroid dienone is 2. The van der Waals surface area contributed by atoms with Gasteiger partial charge in [-0.15, -0.1) is 0 Å². The van der Waals surface area contributed by atoms with Gasteiger partial charge in [-0.2, -0.15) is 0 Å². The van der Waals surface area contributed by atoms with Gasteiger partial charge < -0.3 is 30.7 Å². The van der Waals surface area contributed by atoms with E-state index < -0.39 is 35.8 Å². The highest BCUT2D eigenvalue weighted by Gasteiger charge is 2.38. The molecular weight excluding hydrogens is 697 g/mol. The number of likely N-dealkylation sites (tertiary alicyclic amines) is 1. The van der Waals surface area contributed by atoms with E-state index in [9.17, 15) is 29.1 Å². The van der Waals surface area contributed by atoms with Crippen molar-refractivity contribution in [3.05, 3.63) is 70.3 Å². The summed E-state index contributed by atoms with van der Waals surface area (Å²) in [5, 5.41) is 19.5. The highest BCUT2D eigenvalue weighted by molar-refractivity contribution is 6.10. The first kappa shape index (κ1) is 45.1. The Morgan fingerprint density at radius 1 is 0.945 bits per heavy atom. The topological polar surface area (TPSA) is 154 Å². The summed E-state index contributed by atoms with van der Waals surface area (Å²) in [5.74, 6) is -1.26. The Balaban J connectivity index is 1.78. The number of hydrogen-bond donors (Lipinski definition) is 4. The molecule has 1 unspecified atom stereocenters. The number of alkyl carbamates (subject to hydrolysis) is 1. The van der Waals surface area contributed by atoms with Crippen LogP contribution >= 0.6 is 0 Å². The number of aliphatic hydroxyl groups is 1. The Kier molecular flexibility index (Phi) is 16.9. The molecule has 3 rings (SSSR count). The van der Waals surface area contributed by atoms with Gasteiger partial charge in [-0.1, -0.05) is 62.8 Å². The molecule has 0 radical (unpaired) electrons. The summed E-state index contributed by atoms with van der Waals surface area (Å²) in [4.78, 5) is 69.1. The monoisotopic (exact) mass is 762 g/mol. The van der Waals surface area contributed by atoms with Crippen LogP contribution in [0.5, 0.6) is 0 Å². The Morgan fingerprint density at radius 3 is 2.24 bits per heavy atom. The maximum absolute atomic E-state index is 14.4. The van der Waals surface area contributed by atoms with E-state index in [2.05, 4.69) is 29.8 Å². The van der Waals surface area contributed by atoms with Crippen LogP contribution < -0.4 is 16.0 Å². The number of hydrogen-bond acceptors (Lipinski definition) is 7. The lowest BCUT2D eigenvalue weighted by Crippen LogP contribution is -2.54. The van der Waals surface area contributed by atoms with Crippen LogP contribution in [0.1, 0.15) is 120 Å². The molecule has 55 heavy (non-hydrogen) atoms. The zero-order valence-electron chi connectivity index (χ0n) is 34.8. The molecule has 11 heteroatoms. The maximum atomic E-state index is 14.4. The summed E-state index contributed by atoms with van der Waals surface area (Å²) >= 11 is 0. The van der Waals surface area contributed by atoms with Crippen molar-refractivity contribution < 1.29 is 33.8 Å². The number of Topliss-reactive ketones (excluding diaryl/α,β-unsaturated/α-hetero) is 1. The number of ketones is 1. The van der Waals surface area contributed by atoms with Crippen LogP contribution in [0.2, 0.25) is 0 Å². The number of carbonyl (C=O) groups excluding carboxylic acids is 5. The fourth-order valence-corrected chi connectivity index (χ4v) is 7.20. The maximum Gasteiger partial charge on any atom is 0.408 e. The predicted octanol–water partition coefficient (Wildman–Crippen LogP) is 6.50. The molecule has 0 bridgehead atoms. The Hall–Kier alpha value is -4.25. The standard InChI is InChI=1S/C44H66N4O7/c1-27(2)25-34(46-43(54)55-44(8,9)10)23-22-33(26-32-17-12-11-13-18-32)42(53)48-24-16-21-37(48)41(52)47-36(40(51)45-28(3)4)20-15-14-19-35-31(7)38(49)29(5)30(6)39(35)50/h11-13,17-18,22-23,27-28,33-34,36-38,49H,14-16,19-21,24-26H2,1-10H3,(H,45,51)(H,46,54)(H,47,52)/b23-22+/t33-,34-,36+,37+,38?/m1/s1. The van der Waals surface area contributed by atoms with Gasteiger partial charge in [0.2, 0.25) is 17.7 Å². The minimum atomic E-state index is -0.824. The molecule has 0 aromatic heterocycles. The molecular formula is C44H66N4O7. The van der Waals surface area contributed by atoms with E-state index in [0.29, 0.717) is 80.2 Å². The molecule has 1 fully saturated rings. The van der Waals surface area contributed by atoms with Crippen LogP contribution in [0.25, 0.3) is 0 Å². The van der Waals surface area contributed by atoms with Crippen LogP contribution in [0.3, 0.4) is 0 Å². The lowest BCUT2D eigenvalue weighted by molar-refractivity contribution is -0.141. The predicted molar refractivity (Wildman–Crippen MR) is 216 cm³/mol. The molecule has 304 valence electrons. The van der Waals surface area contributed by atoms with Gasteiger partial charge in [0, 0.05) is 18.2 Å². The molecule has 1 aliphatic heterocycles. The fraction of sp³-hybridized carbons (Fsp3) is 0.614. The second kappa shape index (κ2) is 20.6. The van der Waals surface area contributed by atoms with Gasteiger partial charge in [0.05, 0.1) is 18.1 Å². The largest absolute Gasteiger partial charge is 0.444 e. The van der Waals surface area contributed by atoms with Crippen molar-refractivity contribution in [3.63, 3.8) is 0 Å². The normalized spacial score (nSPS) is 19.6. The van der Waals surface area contributed by atoms with Gasteiger partial charge in [-0.05, 0) is 129 Å². The van der Waals surface area contributed by atoms with Crippen molar-refractivity contribution >= 4 is 29.6 Å². The van der Waals surface area contributed by atoms with Crippen LogP contribution in [0, 0.1) is 11.8 Å². The smallest absolute Gasteiger partial charge is 0.408 e. The van der Waals surface area contributed by atoms with Gasteiger partial charge in [0.25, 0.3) is 0 Å². The summed E-state index contributed by atoms with van der Waals surface area (Å²) in [6.07, 6.45) is 6.55. The first-order valence-electron chi connectivity index (χ1n) is 20.0. The minimum absolute atomic E-state index is 0.0520. The number of nitrogens with zero attached hydrogens (tertiary/aromatic N) is 1. The molecule has 2 aliphatic rings. The number of nitrogens with one attached hydrogen (secondary N) is 3. The van der Waals surface area contributed by atoms with Crippen molar-refractivity contribution in [1.29, 1.82) is 0 Å². The Bertz CT molecular complexity index is 1600. The van der Waals surface area contributed by atoms with Crippen LogP contribution in [0.4, 0.5) is 4.79 Å². The molecule has 1 saturated heterocycles. The number of aliphatic hydroxyl groups excluding tert-OH is 1. The van der Waals surface area contributed by atoms with Crippen molar-refractivity contribution in [1.82, 2.24) is 20.9 Å². The number of ether oxygens (including phenoxy) is 1. The van der Waals surface area contributed by atoms with E-state index >= 15 is 0 Å². The number of rotatable bonds is 17. The van der Waals surface area contributed by atoms with E-state index in [4.69, 9.17) is 4.74 Å². The van der Waals surface area contributed by atoms with Gasteiger partial charge in [-0.25, -0.2) is 4.79 Å². The van der Waals surface area contributed by atoms with Crippen molar-refractivity contribution in [2.75, 3.05) is 6.54 Å². The van der Waals surface area contributed by atoms with Crippen LogP contribution in [0.15, 0.2) is 64.8 Å². The minimum Gasteiger partial charge on any atom is -0.444 e. The average Bonchev–Trinajstić information content (AvgIpc) is 3.60. The van der Waals surface area contributed by atoms with E-state index in [1.807, 2.05) is 77.1 Å². The van der Waals surface area contributed by atoms with Crippen molar-refractivity contribution in [3.8, 4) is 0 Å². The van der Waals surface area contributed by atoms with Gasteiger partial charge in [0.1, 0.15) is 17.7 Å². The quantitative estimate of drug-likeness (QED) is 0.104. The van der Waals surface area contributed by atoms with Gasteiger partial charge in [-0.3, -0.25) is 19.2 Å². The molecule has 0 spiro atoms. The molecule has 1 aliphatic carbocycles. The highest BCUT2D eigenvalue weighted by Crippen LogP contribution is 2.30. The van der Waals surface area contributed by atoms with E-state index in [0.717, 1.165) is 5.56 Å². The average molecular weight is 763 g/mol. The van der Waals surface area contributed by atoms with E-state index in [1.54, 1.807) is 25.7 Å². The molecule has 1 heterocycles. The first-order valence-corrected chi connectivity index (χ1v) is 20.0. The summed E-state index contributed by atoms with van der Waals surface area (Å²) in [6, 6.07) is 7.62. The van der Waals surface area contributed by atoms with Crippen molar-refractivity contribution in [2.45, 2.75) is 156 Å². The Morgan fingerprint density at radius 2 is 1.62 bits per heavy atom. The lowest BCUT2D eigenvalue weighted by atomic mass is 9.83. The van der Waals surface area contributed by atoms with E-state index in [-0.39, 0.29) is 41.5 Å². The zero-order valence-corrected chi connectivity index (χ0v) is 34.8. The summed E-state index contributed by atoms with van der Waals surface area (Å²) in [6.45, 7) is 19.0. The third-order valence-electron chi connectivity index (χ3n) is 10.2. The molecule has 1 aromatic rings. The van der Waals surface area contributed by atoms with Crippen LogP contribution in [-0.2, 0) is 30.3 Å². The first-order chi connectivity index (χ1) is 25.8.